The Kier molecular flexibility index (Phi) is 4.65. The number of carboxylic acids is 1. The molecule has 0 amide bonds. The van der Waals surface area contributed by atoms with E-state index in [2.05, 4.69) is 20.8 Å². The van der Waals surface area contributed by atoms with Crippen LogP contribution in [0.15, 0.2) is 46.9 Å². The van der Waals surface area contributed by atoms with Gasteiger partial charge in [-0.05, 0) is 40.2 Å². The van der Waals surface area contributed by atoms with Gasteiger partial charge in [0.05, 0.1) is 29.4 Å². The molecule has 3 aromatic rings. The highest BCUT2D eigenvalue weighted by molar-refractivity contribution is 9.10. The Morgan fingerprint density at radius 2 is 1.81 bits per heavy atom. The Hall–Kier alpha value is -2.02. The van der Waals surface area contributed by atoms with E-state index in [1.165, 1.54) is 0 Å². The summed E-state index contributed by atoms with van der Waals surface area (Å²) in [6, 6.07) is 13.1. The van der Waals surface area contributed by atoms with Crippen LogP contribution in [-0.4, -0.2) is 41.9 Å². The summed E-state index contributed by atoms with van der Waals surface area (Å²) in [5.74, 6) is -0.977. The zero-order valence-electron chi connectivity index (χ0n) is 13.8. The zero-order valence-corrected chi connectivity index (χ0v) is 16.1. The predicted molar refractivity (Wildman–Crippen MR) is 106 cm³/mol. The van der Waals surface area contributed by atoms with E-state index in [0.717, 1.165) is 16.6 Å². The maximum Gasteiger partial charge on any atom is 0.355 e. The van der Waals surface area contributed by atoms with Gasteiger partial charge < -0.3 is 19.3 Å². The van der Waals surface area contributed by atoms with Gasteiger partial charge >= 0.3 is 5.97 Å². The first-order valence-electron chi connectivity index (χ1n) is 8.23. The summed E-state index contributed by atoms with van der Waals surface area (Å²) in [4.78, 5) is 14.4. The van der Waals surface area contributed by atoms with Gasteiger partial charge in [-0.15, -0.1) is 0 Å². The van der Waals surface area contributed by atoms with Crippen LogP contribution in [0.5, 0.6) is 0 Å². The number of hydrogen-bond donors (Lipinski definition) is 1. The van der Waals surface area contributed by atoms with Crippen molar-refractivity contribution in [3.05, 3.63) is 57.7 Å². The molecule has 134 valence electrons. The molecule has 4 rings (SSSR count). The fraction of sp³-hybridized carbons (Fsp3) is 0.211. The molecule has 2 aromatic carbocycles. The second kappa shape index (κ2) is 6.95. The van der Waals surface area contributed by atoms with Crippen molar-refractivity contribution >= 4 is 50.1 Å². The molecule has 0 saturated carbocycles. The molecule has 0 bridgehead atoms. The highest BCUT2D eigenvalue weighted by Gasteiger charge is 2.29. The molecule has 0 radical (unpaired) electrons. The fourth-order valence-corrected chi connectivity index (χ4v) is 4.11. The standard InChI is InChI=1S/C19H16BrClN2O3/c20-16-13(21)6-7-14-15(16)17(22-8-10-26-11-9-22)18(19(24)25)23(14)12-4-2-1-3-5-12/h1-7H,8-11H2,(H,24,25). The van der Waals surface area contributed by atoms with Gasteiger partial charge in [0.1, 0.15) is 0 Å². The average Bonchev–Trinajstić information content (AvgIpc) is 3.02. The average molecular weight is 436 g/mol. The van der Waals surface area contributed by atoms with E-state index in [0.29, 0.717) is 41.5 Å². The van der Waals surface area contributed by atoms with E-state index in [1.807, 2.05) is 36.4 Å². The third-order valence-electron chi connectivity index (χ3n) is 4.54. The van der Waals surface area contributed by atoms with Crippen molar-refractivity contribution in [3.63, 3.8) is 0 Å². The first kappa shape index (κ1) is 17.4. The van der Waals surface area contributed by atoms with E-state index in [9.17, 15) is 9.90 Å². The third kappa shape index (κ3) is 2.78. The van der Waals surface area contributed by atoms with Gasteiger partial charge in [-0.1, -0.05) is 29.8 Å². The number of fused-ring (bicyclic) bond motifs is 1. The number of halogens is 2. The first-order valence-corrected chi connectivity index (χ1v) is 9.40. The number of anilines is 1. The Bertz CT molecular complexity index is 982. The number of ether oxygens (including phenoxy) is 1. The monoisotopic (exact) mass is 434 g/mol. The number of carbonyl (C=O) groups is 1. The van der Waals surface area contributed by atoms with Crippen molar-refractivity contribution < 1.29 is 14.6 Å². The quantitative estimate of drug-likeness (QED) is 0.654. The summed E-state index contributed by atoms with van der Waals surface area (Å²) in [6.07, 6.45) is 0. The van der Waals surface area contributed by atoms with Gasteiger partial charge in [-0.2, -0.15) is 0 Å². The minimum atomic E-state index is -0.977. The van der Waals surface area contributed by atoms with Crippen molar-refractivity contribution in [1.82, 2.24) is 4.57 Å². The predicted octanol–water partition coefficient (Wildman–Crippen LogP) is 4.58. The smallest absolute Gasteiger partial charge is 0.355 e. The summed E-state index contributed by atoms with van der Waals surface area (Å²) in [5, 5.41) is 11.4. The molecular weight excluding hydrogens is 420 g/mol. The third-order valence-corrected chi connectivity index (χ3v) is 5.91. The molecular formula is C19H16BrClN2O3. The highest BCUT2D eigenvalue weighted by atomic mass is 79.9. The van der Waals surface area contributed by atoms with E-state index in [1.54, 1.807) is 10.6 Å². The summed E-state index contributed by atoms with van der Waals surface area (Å²) in [7, 11) is 0. The number of para-hydroxylation sites is 1. The van der Waals surface area contributed by atoms with Gasteiger partial charge in [-0.3, -0.25) is 0 Å². The van der Waals surface area contributed by atoms with Crippen LogP contribution in [-0.2, 0) is 4.74 Å². The van der Waals surface area contributed by atoms with E-state index in [-0.39, 0.29) is 5.69 Å². The number of hydrogen-bond acceptors (Lipinski definition) is 3. The van der Waals surface area contributed by atoms with Gasteiger partial charge in [0, 0.05) is 28.6 Å². The van der Waals surface area contributed by atoms with Gasteiger partial charge in [0.2, 0.25) is 0 Å². The number of benzene rings is 2. The molecule has 0 atom stereocenters. The lowest BCUT2D eigenvalue weighted by Gasteiger charge is -2.29. The van der Waals surface area contributed by atoms with Crippen molar-refractivity contribution in [2.75, 3.05) is 31.2 Å². The van der Waals surface area contributed by atoms with Gasteiger partial charge in [0.15, 0.2) is 5.69 Å². The lowest BCUT2D eigenvalue weighted by atomic mass is 10.2. The Labute approximate surface area is 163 Å². The number of rotatable bonds is 3. The van der Waals surface area contributed by atoms with Gasteiger partial charge in [0.25, 0.3) is 0 Å². The van der Waals surface area contributed by atoms with Crippen molar-refractivity contribution in [1.29, 1.82) is 0 Å². The fourth-order valence-electron chi connectivity index (χ4n) is 3.43. The van der Waals surface area contributed by atoms with Crippen LogP contribution in [0.25, 0.3) is 16.6 Å². The summed E-state index contributed by atoms with van der Waals surface area (Å²) < 4.78 is 7.93. The molecule has 0 unspecified atom stereocenters. The molecule has 1 N–H and O–H groups in total. The molecule has 2 heterocycles. The second-order valence-electron chi connectivity index (χ2n) is 6.03. The Morgan fingerprint density at radius 1 is 1.12 bits per heavy atom. The summed E-state index contributed by atoms with van der Waals surface area (Å²) >= 11 is 9.91. The van der Waals surface area contributed by atoms with Gasteiger partial charge in [-0.25, -0.2) is 4.79 Å². The normalized spacial score (nSPS) is 14.8. The van der Waals surface area contributed by atoms with E-state index < -0.39 is 5.97 Å². The molecule has 5 nitrogen and oxygen atoms in total. The molecule has 26 heavy (non-hydrogen) atoms. The molecule has 1 aliphatic rings. The molecule has 1 aromatic heterocycles. The van der Waals surface area contributed by atoms with Crippen molar-refractivity contribution in [2.24, 2.45) is 0 Å². The minimum absolute atomic E-state index is 0.232. The Morgan fingerprint density at radius 3 is 2.46 bits per heavy atom. The van der Waals surface area contributed by atoms with Crippen molar-refractivity contribution in [3.8, 4) is 5.69 Å². The Balaban J connectivity index is 2.12. The van der Waals surface area contributed by atoms with Crippen LogP contribution < -0.4 is 4.90 Å². The summed E-state index contributed by atoms with van der Waals surface area (Å²) in [6.45, 7) is 2.39. The SMILES string of the molecule is O=C(O)c1c(N2CCOCC2)c2c(Br)c(Cl)ccc2n1-c1ccccc1. The van der Waals surface area contributed by atoms with Crippen LogP contribution in [0, 0.1) is 0 Å². The molecule has 1 aliphatic heterocycles. The maximum absolute atomic E-state index is 12.3. The van der Waals surface area contributed by atoms with E-state index >= 15 is 0 Å². The lowest BCUT2D eigenvalue weighted by Crippen LogP contribution is -2.37. The van der Waals surface area contributed by atoms with Crippen LogP contribution in [0.3, 0.4) is 0 Å². The molecule has 7 heteroatoms. The maximum atomic E-state index is 12.3. The van der Waals surface area contributed by atoms with Crippen LogP contribution in [0.4, 0.5) is 5.69 Å². The summed E-state index contributed by atoms with van der Waals surface area (Å²) in [5.41, 5.74) is 2.50. The number of carboxylic acid groups (broad SMARTS) is 1. The minimum Gasteiger partial charge on any atom is -0.476 e. The highest BCUT2D eigenvalue weighted by Crippen LogP contribution is 2.43. The topological polar surface area (TPSA) is 54.7 Å². The number of nitrogens with zero attached hydrogens (tertiary/aromatic N) is 2. The van der Waals surface area contributed by atoms with Crippen LogP contribution >= 0.6 is 27.5 Å². The molecule has 1 fully saturated rings. The molecule has 0 aliphatic carbocycles. The first-order chi connectivity index (χ1) is 12.6. The number of aromatic carboxylic acids is 1. The molecule has 1 saturated heterocycles. The van der Waals surface area contributed by atoms with Crippen LogP contribution in [0.2, 0.25) is 5.02 Å². The van der Waals surface area contributed by atoms with Crippen molar-refractivity contribution in [2.45, 2.75) is 0 Å². The zero-order chi connectivity index (χ0) is 18.3. The van der Waals surface area contributed by atoms with Crippen LogP contribution in [0.1, 0.15) is 10.5 Å². The lowest BCUT2D eigenvalue weighted by molar-refractivity contribution is 0.0688. The molecule has 0 spiro atoms. The number of aromatic nitrogens is 1. The largest absolute Gasteiger partial charge is 0.476 e. The van der Waals surface area contributed by atoms with E-state index in [4.69, 9.17) is 16.3 Å². The number of morpholine rings is 1. The second-order valence-corrected chi connectivity index (χ2v) is 7.23.